The van der Waals surface area contributed by atoms with Crippen LogP contribution in [0.15, 0.2) is 34.9 Å². The van der Waals surface area contributed by atoms with Gasteiger partial charge in [0.1, 0.15) is 0 Å². The first-order chi connectivity index (χ1) is 14.1. The van der Waals surface area contributed by atoms with Crippen molar-refractivity contribution >= 4 is 18.3 Å². The minimum atomic E-state index is -0.0711. The van der Waals surface area contributed by atoms with Gasteiger partial charge in [0.2, 0.25) is 17.6 Å². The van der Waals surface area contributed by atoms with Gasteiger partial charge in [-0.05, 0) is 50.9 Å². The molecule has 1 amide bonds. The standard InChI is InChI=1S/C21H26N6O2.ClH/c1-14-11-15(2)27(25-14)13-16-5-3-6-17(12-16)20-24-19(29-26-20)8-10-23-21(28)18-7-4-9-22-18;/h3,5-6,11-12,18,22H,4,7-10,13H2,1-2H3,(H,23,28);1H. The van der Waals surface area contributed by atoms with Crippen molar-refractivity contribution in [3.05, 3.63) is 53.2 Å². The average Bonchev–Trinajstić information content (AvgIpc) is 3.44. The van der Waals surface area contributed by atoms with E-state index in [1.165, 1.54) is 0 Å². The molecular formula is C21H27ClN6O2. The molecule has 0 radical (unpaired) electrons. The van der Waals surface area contributed by atoms with Crippen molar-refractivity contribution in [2.45, 2.75) is 45.7 Å². The number of halogens is 1. The largest absolute Gasteiger partial charge is 0.354 e. The summed E-state index contributed by atoms with van der Waals surface area (Å²) >= 11 is 0. The van der Waals surface area contributed by atoms with Crippen LogP contribution in [0, 0.1) is 13.8 Å². The van der Waals surface area contributed by atoms with Gasteiger partial charge < -0.3 is 15.2 Å². The fraction of sp³-hybridized carbons (Fsp3) is 0.429. The lowest BCUT2D eigenvalue weighted by molar-refractivity contribution is -0.122. The predicted molar refractivity (Wildman–Crippen MR) is 116 cm³/mol. The van der Waals surface area contributed by atoms with E-state index in [0.29, 0.717) is 31.2 Å². The third kappa shape index (κ3) is 5.25. The molecule has 8 nitrogen and oxygen atoms in total. The molecular weight excluding hydrogens is 404 g/mol. The zero-order chi connectivity index (χ0) is 20.2. The minimum absolute atomic E-state index is 0. The van der Waals surface area contributed by atoms with Crippen LogP contribution >= 0.6 is 12.4 Å². The Balaban J connectivity index is 0.00000256. The molecule has 160 valence electrons. The van der Waals surface area contributed by atoms with E-state index in [9.17, 15) is 4.79 Å². The first-order valence-electron chi connectivity index (χ1n) is 10.0. The van der Waals surface area contributed by atoms with E-state index >= 15 is 0 Å². The second kappa shape index (κ2) is 9.86. The van der Waals surface area contributed by atoms with Crippen molar-refractivity contribution in [3.63, 3.8) is 0 Å². The van der Waals surface area contributed by atoms with Crippen LogP contribution in [0.1, 0.15) is 35.7 Å². The van der Waals surface area contributed by atoms with E-state index in [0.717, 1.165) is 41.9 Å². The van der Waals surface area contributed by atoms with Gasteiger partial charge >= 0.3 is 0 Å². The minimum Gasteiger partial charge on any atom is -0.354 e. The highest BCUT2D eigenvalue weighted by molar-refractivity contribution is 5.85. The average molecular weight is 431 g/mol. The lowest BCUT2D eigenvalue weighted by Gasteiger charge is -2.09. The van der Waals surface area contributed by atoms with E-state index in [2.05, 4.69) is 51.0 Å². The molecule has 1 aliphatic heterocycles. The lowest BCUT2D eigenvalue weighted by Crippen LogP contribution is -2.41. The Morgan fingerprint density at radius 2 is 2.20 bits per heavy atom. The number of benzene rings is 1. The summed E-state index contributed by atoms with van der Waals surface area (Å²) in [5.41, 5.74) is 4.16. The molecule has 0 spiro atoms. The van der Waals surface area contributed by atoms with Crippen LogP contribution < -0.4 is 10.6 Å². The molecule has 4 rings (SSSR count). The third-order valence-electron chi connectivity index (χ3n) is 5.10. The quantitative estimate of drug-likeness (QED) is 0.597. The smallest absolute Gasteiger partial charge is 0.237 e. The first-order valence-corrected chi connectivity index (χ1v) is 10.0. The number of aryl methyl sites for hydroxylation is 2. The number of aromatic nitrogens is 4. The number of nitrogens with zero attached hydrogens (tertiary/aromatic N) is 4. The maximum atomic E-state index is 12.0. The summed E-state index contributed by atoms with van der Waals surface area (Å²) in [5, 5.41) is 14.7. The van der Waals surface area contributed by atoms with Crippen molar-refractivity contribution in [1.29, 1.82) is 0 Å². The van der Waals surface area contributed by atoms with Crippen molar-refractivity contribution in [1.82, 2.24) is 30.6 Å². The Bertz CT molecular complexity index is 993. The van der Waals surface area contributed by atoms with Gasteiger partial charge in [0.05, 0.1) is 18.3 Å². The fourth-order valence-corrected chi connectivity index (χ4v) is 3.61. The maximum absolute atomic E-state index is 12.0. The van der Waals surface area contributed by atoms with Gasteiger partial charge in [0, 0.05) is 24.2 Å². The van der Waals surface area contributed by atoms with Gasteiger partial charge in [-0.2, -0.15) is 10.1 Å². The van der Waals surface area contributed by atoms with Crippen molar-refractivity contribution in [3.8, 4) is 11.4 Å². The molecule has 1 aliphatic rings. The Kier molecular flexibility index (Phi) is 7.23. The van der Waals surface area contributed by atoms with Gasteiger partial charge in [0.15, 0.2) is 0 Å². The molecule has 1 saturated heterocycles. The van der Waals surface area contributed by atoms with Crippen LogP contribution in [0.25, 0.3) is 11.4 Å². The van der Waals surface area contributed by atoms with Crippen molar-refractivity contribution in [2.24, 2.45) is 0 Å². The number of nitrogens with one attached hydrogen (secondary N) is 2. The summed E-state index contributed by atoms with van der Waals surface area (Å²) < 4.78 is 7.35. The molecule has 1 unspecified atom stereocenters. The number of hydrogen-bond donors (Lipinski definition) is 2. The van der Waals surface area contributed by atoms with Gasteiger partial charge in [-0.3, -0.25) is 9.48 Å². The Hall–Kier alpha value is -2.71. The molecule has 1 fully saturated rings. The highest BCUT2D eigenvalue weighted by Crippen LogP contribution is 2.18. The van der Waals surface area contributed by atoms with Crippen molar-refractivity contribution < 1.29 is 9.32 Å². The van der Waals surface area contributed by atoms with Crippen LogP contribution in [0.2, 0.25) is 0 Å². The number of amides is 1. The summed E-state index contributed by atoms with van der Waals surface area (Å²) in [4.78, 5) is 16.5. The predicted octanol–water partition coefficient (Wildman–Crippen LogP) is 2.43. The van der Waals surface area contributed by atoms with Gasteiger partial charge in [-0.15, -0.1) is 12.4 Å². The highest BCUT2D eigenvalue weighted by atomic mass is 35.5. The van der Waals surface area contributed by atoms with Crippen LogP contribution in [-0.4, -0.2) is 45.0 Å². The second-order valence-electron chi connectivity index (χ2n) is 7.49. The summed E-state index contributed by atoms with van der Waals surface area (Å²) in [5.74, 6) is 1.11. The van der Waals surface area contributed by atoms with Gasteiger partial charge in [0.25, 0.3) is 0 Å². The Morgan fingerprint density at radius 3 is 2.93 bits per heavy atom. The lowest BCUT2D eigenvalue weighted by atomic mass is 10.1. The topological polar surface area (TPSA) is 97.9 Å². The number of carbonyl (C=O) groups is 1. The second-order valence-corrected chi connectivity index (χ2v) is 7.49. The monoisotopic (exact) mass is 430 g/mol. The number of carbonyl (C=O) groups excluding carboxylic acids is 1. The number of rotatable bonds is 7. The first kappa shape index (κ1) is 22.0. The molecule has 3 heterocycles. The molecule has 0 saturated carbocycles. The summed E-state index contributed by atoms with van der Waals surface area (Å²) in [7, 11) is 0. The zero-order valence-electron chi connectivity index (χ0n) is 17.2. The normalized spacial score (nSPS) is 15.7. The summed E-state index contributed by atoms with van der Waals surface area (Å²) in [6.45, 7) is 6.13. The van der Waals surface area contributed by atoms with Crippen LogP contribution in [-0.2, 0) is 17.8 Å². The molecule has 0 bridgehead atoms. The molecule has 30 heavy (non-hydrogen) atoms. The van der Waals surface area contributed by atoms with E-state index in [-0.39, 0.29) is 24.4 Å². The van der Waals surface area contributed by atoms with Crippen molar-refractivity contribution in [2.75, 3.05) is 13.1 Å². The van der Waals surface area contributed by atoms with E-state index < -0.39 is 0 Å². The summed E-state index contributed by atoms with van der Waals surface area (Å²) in [6, 6.07) is 10.1. The molecule has 9 heteroatoms. The van der Waals surface area contributed by atoms with E-state index in [4.69, 9.17) is 4.52 Å². The van der Waals surface area contributed by atoms with E-state index in [1.807, 2.05) is 23.7 Å². The zero-order valence-corrected chi connectivity index (χ0v) is 18.0. The SMILES string of the molecule is Cc1cc(C)n(Cc2cccc(-c3noc(CCNC(=O)C4CCCN4)n3)c2)n1.Cl. The molecule has 2 N–H and O–H groups in total. The van der Waals surface area contributed by atoms with Gasteiger partial charge in [-0.25, -0.2) is 0 Å². The third-order valence-corrected chi connectivity index (χ3v) is 5.10. The van der Waals surface area contributed by atoms with Crippen LogP contribution in [0.5, 0.6) is 0 Å². The van der Waals surface area contributed by atoms with E-state index in [1.54, 1.807) is 0 Å². The number of hydrogen-bond acceptors (Lipinski definition) is 6. The Labute approximate surface area is 181 Å². The van der Waals surface area contributed by atoms with Crippen LogP contribution in [0.4, 0.5) is 0 Å². The molecule has 1 atom stereocenters. The maximum Gasteiger partial charge on any atom is 0.237 e. The highest BCUT2D eigenvalue weighted by Gasteiger charge is 2.21. The molecule has 3 aromatic rings. The Morgan fingerprint density at radius 1 is 1.33 bits per heavy atom. The summed E-state index contributed by atoms with van der Waals surface area (Å²) in [6.07, 6.45) is 2.45. The molecule has 1 aromatic carbocycles. The fourth-order valence-electron chi connectivity index (χ4n) is 3.61. The molecule has 2 aromatic heterocycles. The molecule has 0 aliphatic carbocycles. The van der Waals surface area contributed by atoms with Gasteiger partial charge in [-0.1, -0.05) is 23.4 Å². The van der Waals surface area contributed by atoms with Crippen LogP contribution in [0.3, 0.4) is 0 Å².